The molecule has 5 aromatic rings. The minimum atomic E-state index is -1.05. The molecule has 38 heavy (non-hydrogen) atoms. The lowest BCUT2D eigenvalue weighted by atomic mass is 10.0. The average Bonchev–Trinajstić information content (AvgIpc) is 3.36. The highest BCUT2D eigenvalue weighted by atomic mass is 16.5. The number of esters is 1. The normalized spacial score (nSPS) is 12.3. The lowest BCUT2D eigenvalue weighted by Gasteiger charge is -2.23. The zero-order valence-corrected chi connectivity index (χ0v) is 21.0. The molecule has 0 aliphatic rings. The van der Waals surface area contributed by atoms with Gasteiger partial charge in [-0.15, -0.1) is 0 Å². The highest BCUT2D eigenvalue weighted by Gasteiger charge is 2.19. The number of benzene rings is 3. The van der Waals surface area contributed by atoms with E-state index in [-0.39, 0.29) is 5.91 Å². The largest absolute Gasteiger partial charge is 0.466 e. The van der Waals surface area contributed by atoms with Crippen molar-refractivity contribution < 1.29 is 15.7 Å². The van der Waals surface area contributed by atoms with Crippen LogP contribution < -0.4 is 4.90 Å². The van der Waals surface area contributed by atoms with Crippen molar-refractivity contribution in [2.45, 2.75) is 6.52 Å². The average molecular weight is 504 g/mol. The molecule has 7 heteroatoms. The van der Waals surface area contributed by atoms with Crippen LogP contribution in [0.1, 0.15) is 22.9 Å². The first kappa shape index (κ1) is 23.4. The van der Waals surface area contributed by atoms with Gasteiger partial charge in [0.1, 0.15) is 0 Å². The SMILES string of the molecule is [2H]C(c1ccc(-c2ccc3c(cnn3C)c2)cc1)N(C(=O)c1ccccc1)c1cncc(/C=C/C(=O)OC)c1. The summed E-state index contributed by atoms with van der Waals surface area (Å²) < 4.78 is 15.6. The van der Waals surface area contributed by atoms with E-state index in [2.05, 4.69) is 20.9 Å². The quantitative estimate of drug-likeness (QED) is 0.211. The maximum atomic E-state index is 13.7. The number of carbonyl (C=O) groups excluding carboxylic acids is 2. The standard InChI is InChI=1S/C31H26N4O3/c1-34-29-14-13-26(17-27(29)19-33-34)24-11-8-22(9-12-24)21-35(31(37)25-6-4-3-5-7-25)28-16-23(18-32-20-28)10-15-30(36)38-2/h3-20H,21H2,1-2H3/b15-10+/i21D. The van der Waals surface area contributed by atoms with Crippen molar-refractivity contribution in [3.05, 3.63) is 120 Å². The molecule has 0 saturated heterocycles. The van der Waals surface area contributed by atoms with E-state index in [4.69, 9.17) is 1.37 Å². The van der Waals surface area contributed by atoms with Crippen LogP contribution >= 0.6 is 0 Å². The van der Waals surface area contributed by atoms with E-state index in [1.165, 1.54) is 24.3 Å². The minimum Gasteiger partial charge on any atom is -0.466 e. The Bertz CT molecular complexity index is 1660. The number of aromatic nitrogens is 3. The van der Waals surface area contributed by atoms with Gasteiger partial charge in [-0.05, 0) is 58.7 Å². The Morgan fingerprint density at radius 1 is 0.974 bits per heavy atom. The molecule has 0 saturated carbocycles. The molecule has 0 spiro atoms. The van der Waals surface area contributed by atoms with E-state index in [1.54, 1.807) is 42.6 Å². The summed E-state index contributed by atoms with van der Waals surface area (Å²) in [6, 6.07) is 24.3. The van der Waals surface area contributed by atoms with E-state index in [0.717, 1.165) is 22.0 Å². The number of fused-ring (bicyclic) bond motifs is 1. The summed E-state index contributed by atoms with van der Waals surface area (Å²) in [4.78, 5) is 30.9. The van der Waals surface area contributed by atoms with Crippen LogP contribution in [0.5, 0.6) is 0 Å². The van der Waals surface area contributed by atoms with Crippen molar-refractivity contribution in [3.8, 4) is 11.1 Å². The molecular weight excluding hydrogens is 476 g/mol. The fourth-order valence-corrected chi connectivity index (χ4v) is 4.12. The molecule has 0 radical (unpaired) electrons. The fraction of sp³-hybridized carbons (Fsp3) is 0.0968. The number of hydrogen-bond acceptors (Lipinski definition) is 5. The maximum Gasteiger partial charge on any atom is 0.330 e. The molecule has 0 fully saturated rings. The zero-order chi connectivity index (χ0) is 27.4. The molecule has 2 heterocycles. The Hall–Kier alpha value is -5.04. The predicted octanol–water partition coefficient (Wildman–Crippen LogP) is 5.67. The lowest BCUT2D eigenvalue weighted by Crippen LogP contribution is -2.30. The Morgan fingerprint density at radius 2 is 1.74 bits per heavy atom. The van der Waals surface area contributed by atoms with E-state index < -0.39 is 12.5 Å². The number of amides is 1. The third kappa shape index (κ3) is 5.37. The molecule has 1 atom stereocenters. The van der Waals surface area contributed by atoms with Crippen molar-refractivity contribution >= 4 is 34.5 Å². The van der Waals surface area contributed by atoms with Crippen LogP contribution in [0.25, 0.3) is 28.1 Å². The lowest BCUT2D eigenvalue weighted by molar-refractivity contribution is -0.134. The van der Waals surface area contributed by atoms with Gasteiger partial charge >= 0.3 is 5.97 Å². The predicted molar refractivity (Wildman–Crippen MR) is 148 cm³/mol. The van der Waals surface area contributed by atoms with Gasteiger partial charge < -0.3 is 9.64 Å². The molecule has 0 aliphatic carbocycles. The van der Waals surface area contributed by atoms with Gasteiger partial charge in [-0.1, -0.05) is 48.5 Å². The van der Waals surface area contributed by atoms with E-state index in [0.29, 0.717) is 22.4 Å². The maximum absolute atomic E-state index is 13.7. The summed E-state index contributed by atoms with van der Waals surface area (Å²) in [5, 5.41) is 5.36. The van der Waals surface area contributed by atoms with Gasteiger partial charge in [-0.2, -0.15) is 5.10 Å². The molecule has 1 unspecified atom stereocenters. The van der Waals surface area contributed by atoms with Gasteiger partial charge in [0.05, 0.1) is 38.6 Å². The van der Waals surface area contributed by atoms with Crippen molar-refractivity contribution in [2.75, 3.05) is 12.0 Å². The molecule has 5 rings (SSSR count). The molecular formula is C31H26N4O3. The third-order valence-corrected chi connectivity index (χ3v) is 6.14. The summed E-state index contributed by atoms with van der Waals surface area (Å²) >= 11 is 0. The number of nitrogens with zero attached hydrogens (tertiary/aromatic N) is 4. The molecule has 7 nitrogen and oxygen atoms in total. The van der Waals surface area contributed by atoms with Crippen LogP contribution in [-0.2, 0) is 23.1 Å². The van der Waals surface area contributed by atoms with Crippen molar-refractivity contribution in [1.82, 2.24) is 14.8 Å². The number of ether oxygens (including phenoxy) is 1. The molecule has 0 bridgehead atoms. The topological polar surface area (TPSA) is 77.3 Å². The molecule has 0 aliphatic heterocycles. The van der Waals surface area contributed by atoms with Crippen LogP contribution in [0, 0.1) is 0 Å². The van der Waals surface area contributed by atoms with Gasteiger partial charge in [0, 0.05) is 30.3 Å². The molecule has 0 N–H and O–H groups in total. The summed E-state index contributed by atoms with van der Waals surface area (Å²) in [6.45, 7) is -1.05. The molecule has 1 amide bonds. The van der Waals surface area contributed by atoms with Gasteiger partial charge in [0.15, 0.2) is 0 Å². The van der Waals surface area contributed by atoms with Crippen LogP contribution in [0.2, 0.25) is 0 Å². The summed E-state index contributed by atoms with van der Waals surface area (Å²) in [6.07, 6.45) is 7.78. The Kier molecular flexibility index (Phi) is 6.72. The number of pyridine rings is 1. The minimum absolute atomic E-state index is 0.336. The molecule has 188 valence electrons. The van der Waals surface area contributed by atoms with E-state index in [1.807, 2.05) is 60.4 Å². The highest BCUT2D eigenvalue weighted by Crippen LogP contribution is 2.26. The van der Waals surface area contributed by atoms with Crippen molar-refractivity contribution in [3.63, 3.8) is 0 Å². The van der Waals surface area contributed by atoms with Gasteiger partial charge in [0.2, 0.25) is 0 Å². The summed E-state index contributed by atoms with van der Waals surface area (Å²) in [5.41, 5.74) is 5.20. The number of methoxy groups -OCH3 is 1. The first-order valence-corrected chi connectivity index (χ1v) is 12.0. The second-order valence-corrected chi connectivity index (χ2v) is 8.67. The summed E-state index contributed by atoms with van der Waals surface area (Å²) in [7, 11) is 3.21. The van der Waals surface area contributed by atoms with Crippen LogP contribution in [0.4, 0.5) is 5.69 Å². The molecule has 3 aromatic carbocycles. The molecule has 2 aromatic heterocycles. The van der Waals surface area contributed by atoms with Crippen molar-refractivity contribution in [1.29, 1.82) is 0 Å². The second kappa shape index (κ2) is 10.9. The van der Waals surface area contributed by atoms with Crippen LogP contribution in [0.3, 0.4) is 0 Å². The smallest absolute Gasteiger partial charge is 0.330 e. The Labute approximate surface area is 222 Å². The number of rotatable bonds is 7. The van der Waals surface area contributed by atoms with Gasteiger partial charge in [-0.25, -0.2) is 4.79 Å². The Balaban J connectivity index is 1.49. The van der Waals surface area contributed by atoms with Gasteiger partial charge in [-0.3, -0.25) is 14.5 Å². The first-order valence-electron chi connectivity index (χ1n) is 12.6. The van der Waals surface area contributed by atoms with Crippen LogP contribution in [-0.4, -0.2) is 33.8 Å². The van der Waals surface area contributed by atoms with Crippen LogP contribution in [0.15, 0.2) is 104 Å². The zero-order valence-electron chi connectivity index (χ0n) is 22.0. The second-order valence-electron chi connectivity index (χ2n) is 8.67. The fourth-order valence-electron chi connectivity index (χ4n) is 4.12. The third-order valence-electron chi connectivity index (χ3n) is 6.14. The van der Waals surface area contributed by atoms with E-state index >= 15 is 0 Å². The monoisotopic (exact) mass is 503 g/mol. The highest BCUT2D eigenvalue weighted by molar-refractivity contribution is 6.06. The number of anilines is 1. The number of carbonyl (C=O) groups is 2. The summed E-state index contributed by atoms with van der Waals surface area (Å²) in [5.74, 6) is -0.837. The van der Waals surface area contributed by atoms with Crippen molar-refractivity contribution in [2.24, 2.45) is 7.05 Å². The number of hydrogen-bond donors (Lipinski definition) is 0. The first-order chi connectivity index (χ1) is 18.9. The van der Waals surface area contributed by atoms with Gasteiger partial charge in [0.25, 0.3) is 5.91 Å². The number of aryl methyl sites for hydroxylation is 1. The Morgan fingerprint density at radius 3 is 2.50 bits per heavy atom. The van der Waals surface area contributed by atoms with E-state index in [9.17, 15) is 9.59 Å².